The second-order valence-corrected chi connectivity index (χ2v) is 7.89. The van der Waals surface area contributed by atoms with Crippen LogP contribution in [-0.2, 0) is 0 Å². The fraction of sp³-hybridized carbons (Fsp3) is 0.682. The molecule has 0 radical (unpaired) electrons. The van der Waals surface area contributed by atoms with Crippen LogP contribution in [-0.4, -0.2) is 68.2 Å². The molecule has 2 fully saturated rings. The SMILES string of the molecule is CCNC(=NCCC1CCN(C)CC1)N1CCC(Oc2ccccc2)CC1.I. The number of para-hydroxylation sites is 1. The van der Waals surface area contributed by atoms with Gasteiger partial charge in [0.05, 0.1) is 0 Å². The summed E-state index contributed by atoms with van der Waals surface area (Å²) in [5.41, 5.74) is 0. The van der Waals surface area contributed by atoms with E-state index in [1.165, 1.54) is 32.4 Å². The predicted molar refractivity (Wildman–Crippen MR) is 128 cm³/mol. The highest BCUT2D eigenvalue weighted by Gasteiger charge is 2.23. The molecule has 0 saturated carbocycles. The number of hydrogen-bond donors (Lipinski definition) is 1. The summed E-state index contributed by atoms with van der Waals surface area (Å²) in [7, 11) is 2.22. The van der Waals surface area contributed by atoms with Gasteiger partial charge in [0.2, 0.25) is 0 Å². The van der Waals surface area contributed by atoms with E-state index in [2.05, 4.69) is 29.1 Å². The molecule has 0 amide bonds. The van der Waals surface area contributed by atoms with Crippen LogP contribution in [0.1, 0.15) is 39.0 Å². The van der Waals surface area contributed by atoms with E-state index in [0.29, 0.717) is 6.10 Å². The van der Waals surface area contributed by atoms with Crippen molar-refractivity contribution < 1.29 is 4.74 Å². The first kappa shape index (κ1) is 23.3. The minimum Gasteiger partial charge on any atom is -0.490 e. The van der Waals surface area contributed by atoms with Crippen LogP contribution in [0.25, 0.3) is 0 Å². The first-order valence-electron chi connectivity index (χ1n) is 10.7. The Hall–Kier alpha value is -1.02. The Balaban J connectivity index is 0.00000280. The fourth-order valence-electron chi connectivity index (χ4n) is 4.01. The van der Waals surface area contributed by atoms with Crippen molar-refractivity contribution in [2.75, 3.05) is 46.3 Å². The van der Waals surface area contributed by atoms with Gasteiger partial charge < -0.3 is 19.9 Å². The molecule has 0 bridgehead atoms. The molecule has 3 rings (SSSR count). The summed E-state index contributed by atoms with van der Waals surface area (Å²) in [6.07, 6.45) is 6.28. The molecule has 158 valence electrons. The van der Waals surface area contributed by atoms with Gasteiger partial charge in [-0.3, -0.25) is 4.99 Å². The predicted octanol–water partition coefficient (Wildman–Crippen LogP) is 3.85. The summed E-state index contributed by atoms with van der Waals surface area (Å²) >= 11 is 0. The molecule has 2 heterocycles. The number of nitrogens with zero attached hydrogens (tertiary/aromatic N) is 3. The molecule has 28 heavy (non-hydrogen) atoms. The van der Waals surface area contributed by atoms with Crippen LogP contribution in [0.4, 0.5) is 0 Å². The molecular weight excluding hydrogens is 463 g/mol. The van der Waals surface area contributed by atoms with Crippen LogP contribution in [0.5, 0.6) is 5.75 Å². The maximum Gasteiger partial charge on any atom is 0.193 e. The first-order chi connectivity index (χ1) is 13.2. The van der Waals surface area contributed by atoms with E-state index in [1.54, 1.807) is 0 Å². The molecular formula is C22H37IN4O. The van der Waals surface area contributed by atoms with Crippen molar-refractivity contribution in [3.8, 4) is 5.75 Å². The lowest BCUT2D eigenvalue weighted by atomic mass is 9.94. The zero-order chi connectivity index (χ0) is 18.9. The Kier molecular flexibility index (Phi) is 10.4. The summed E-state index contributed by atoms with van der Waals surface area (Å²) in [6, 6.07) is 10.2. The van der Waals surface area contributed by atoms with E-state index in [4.69, 9.17) is 9.73 Å². The van der Waals surface area contributed by atoms with Gasteiger partial charge in [-0.25, -0.2) is 0 Å². The number of likely N-dealkylation sites (tertiary alicyclic amines) is 2. The molecule has 2 aliphatic rings. The summed E-state index contributed by atoms with van der Waals surface area (Å²) in [6.45, 7) is 8.52. The van der Waals surface area contributed by atoms with Gasteiger partial charge in [-0.15, -0.1) is 24.0 Å². The highest BCUT2D eigenvalue weighted by Crippen LogP contribution is 2.20. The van der Waals surface area contributed by atoms with E-state index in [9.17, 15) is 0 Å². The lowest BCUT2D eigenvalue weighted by Gasteiger charge is -2.34. The van der Waals surface area contributed by atoms with Crippen molar-refractivity contribution in [2.24, 2.45) is 10.9 Å². The normalized spacial score (nSPS) is 19.9. The molecule has 5 nitrogen and oxygen atoms in total. The van der Waals surface area contributed by atoms with Crippen molar-refractivity contribution in [3.63, 3.8) is 0 Å². The smallest absolute Gasteiger partial charge is 0.193 e. The molecule has 6 heteroatoms. The molecule has 1 aromatic rings. The summed E-state index contributed by atoms with van der Waals surface area (Å²) in [5, 5.41) is 3.49. The fourth-order valence-corrected chi connectivity index (χ4v) is 4.01. The Morgan fingerprint density at radius 3 is 2.39 bits per heavy atom. The van der Waals surface area contributed by atoms with Crippen molar-refractivity contribution in [1.29, 1.82) is 0 Å². The number of halogens is 1. The van der Waals surface area contributed by atoms with Gasteiger partial charge in [0.15, 0.2) is 5.96 Å². The summed E-state index contributed by atoms with van der Waals surface area (Å²) in [5.74, 6) is 2.91. The molecule has 0 aromatic heterocycles. The average Bonchev–Trinajstić information content (AvgIpc) is 2.70. The number of rotatable bonds is 6. The minimum absolute atomic E-state index is 0. The van der Waals surface area contributed by atoms with Gasteiger partial charge in [0, 0.05) is 39.0 Å². The Morgan fingerprint density at radius 1 is 1.07 bits per heavy atom. The summed E-state index contributed by atoms with van der Waals surface area (Å²) in [4.78, 5) is 9.78. The average molecular weight is 500 g/mol. The quantitative estimate of drug-likeness (QED) is 0.366. The van der Waals surface area contributed by atoms with E-state index < -0.39 is 0 Å². The Morgan fingerprint density at radius 2 is 1.75 bits per heavy atom. The number of ether oxygens (including phenoxy) is 1. The zero-order valence-corrected chi connectivity index (χ0v) is 19.8. The van der Waals surface area contributed by atoms with Crippen molar-refractivity contribution in [3.05, 3.63) is 30.3 Å². The third-order valence-electron chi connectivity index (χ3n) is 5.76. The molecule has 0 atom stereocenters. The lowest BCUT2D eigenvalue weighted by Crippen LogP contribution is -2.47. The number of aliphatic imine (C=N–C) groups is 1. The third kappa shape index (κ3) is 7.43. The highest BCUT2D eigenvalue weighted by molar-refractivity contribution is 14.0. The second-order valence-electron chi connectivity index (χ2n) is 7.89. The van der Waals surface area contributed by atoms with Gasteiger partial charge >= 0.3 is 0 Å². The molecule has 1 aromatic carbocycles. The molecule has 0 unspecified atom stereocenters. The van der Waals surface area contributed by atoms with Gasteiger partial charge in [-0.05, 0) is 64.4 Å². The van der Waals surface area contributed by atoms with Gasteiger partial charge in [0.1, 0.15) is 11.9 Å². The standard InChI is InChI=1S/C22H36N4O.HI/c1-3-23-22(24-14-9-19-10-15-25(2)16-11-19)26-17-12-21(13-18-26)27-20-7-5-4-6-8-20;/h4-8,19,21H,3,9-18H2,1-2H3,(H,23,24);1H. The van der Waals surface area contributed by atoms with E-state index in [1.807, 2.05) is 30.3 Å². The van der Waals surface area contributed by atoms with Gasteiger partial charge in [0.25, 0.3) is 0 Å². The molecule has 0 aliphatic carbocycles. The number of benzene rings is 1. The van der Waals surface area contributed by atoms with Crippen molar-refractivity contribution in [2.45, 2.75) is 45.1 Å². The Labute approximate surface area is 187 Å². The van der Waals surface area contributed by atoms with Crippen LogP contribution < -0.4 is 10.1 Å². The van der Waals surface area contributed by atoms with E-state index >= 15 is 0 Å². The number of guanidine groups is 1. The largest absolute Gasteiger partial charge is 0.490 e. The van der Waals surface area contributed by atoms with E-state index in [-0.39, 0.29) is 24.0 Å². The minimum atomic E-state index is 0. The Bertz CT molecular complexity index is 567. The number of piperidine rings is 2. The topological polar surface area (TPSA) is 40.1 Å². The molecule has 2 saturated heterocycles. The second kappa shape index (κ2) is 12.5. The zero-order valence-electron chi connectivity index (χ0n) is 17.5. The molecule has 0 spiro atoms. The van der Waals surface area contributed by atoms with Crippen LogP contribution in [0.2, 0.25) is 0 Å². The van der Waals surface area contributed by atoms with Gasteiger partial charge in [-0.1, -0.05) is 18.2 Å². The maximum absolute atomic E-state index is 6.12. The van der Waals surface area contributed by atoms with Crippen LogP contribution in [0.3, 0.4) is 0 Å². The van der Waals surface area contributed by atoms with E-state index in [0.717, 1.165) is 56.6 Å². The van der Waals surface area contributed by atoms with Crippen molar-refractivity contribution in [1.82, 2.24) is 15.1 Å². The highest BCUT2D eigenvalue weighted by atomic mass is 127. The van der Waals surface area contributed by atoms with Crippen LogP contribution >= 0.6 is 24.0 Å². The van der Waals surface area contributed by atoms with Crippen LogP contribution in [0.15, 0.2) is 35.3 Å². The van der Waals surface area contributed by atoms with Gasteiger partial charge in [-0.2, -0.15) is 0 Å². The number of hydrogen-bond acceptors (Lipinski definition) is 3. The van der Waals surface area contributed by atoms with Crippen LogP contribution in [0, 0.1) is 5.92 Å². The summed E-state index contributed by atoms with van der Waals surface area (Å²) < 4.78 is 6.12. The maximum atomic E-state index is 6.12. The monoisotopic (exact) mass is 500 g/mol. The van der Waals surface area contributed by atoms with Crippen molar-refractivity contribution >= 4 is 29.9 Å². The number of nitrogens with one attached hydrogen (secondary N) is 1. The molecule has 2 aliphatic heterocycles. The lowest BCUT2D eigenvalue weighted by molar-refractivity contribution is 0.129. The molecule has 1 N–H and O–H groups in total. The first-order valence-corrected chi connectivity index (χ1v) is 10.7. The third-order valence-corrected chi connectivity index (χ3v) is 5.76.